The summed E-state index contributed by atoms with van der Waals surface area (Å²) in [5.74, 6) is 1.94. The molecule has 0 radical (unpaired) electrons. The summed E-state index contributed by atoms with van der Waals surface area (Å²) < 4.78 is 13.4. The van der Waals surface area contributed by atoms with E-state index >= 15 is 0 Å². The molecule has 0 fully saturated rings. The minimum atomic E-state index is -0.256. The van der Waals surface area contributed by atoms with Crippen molar-refractivity contribution in [3.05, 3.63) is 65.2 Å². The quantitative estimate of drug-likeness (QED) is 0.641. The number of carbonyl (C=O) groups is 1. The zero-order valence-corrected chi connectivity index (χ0v) is 17.0. The normalized spacial score (nSPS) is 15.2. The van der Waals surface area contributed by atoms with E-state index in [2.05, 4.69) is 10.1 Å². The van der Waals surface area contributed by atoms with Gasteiger partial charge in [0.05, 0.1) is 12.2 Å². The van der Waals surface area contributed by atoms with Crippen molar-refractivity contribution < 1.29 is 14.3 Å². The second-order valence-electron chi connectivity index (χ2n) is 6.71. The molecule has 2 aromatic carbocycles. The first kappa shape index (κ1) is 19.3. The summed E-state index contributed by atoms with van der Waals surface area (Å²) in [6.07, 6.45) is -0.256. The number of carbonyl (C=O) groups excluding carboxylic acids is 1. The van der Waals surface area contributed by atoms with E-state index in [-0.39, 0.29) is 17.8 Å². The van der Waals surface area contributed by atoms with Crippen LogP contribution < -0.4 is 9.47 Å². The molecule has 0 saturated heterocycles. The second-order valence-corrected chi connectivity index (χ2v) is 7.15. The average molecular weight is 413 g/mol. The lowest BCUT2D eigenvalue weighted by atomic mass is 10.2. The largest absolute Gasteiger partial charge is 0.486 e. The summed E-state index contributed by atoms with van der Waals surface area (Å²) >= 11 is 5.95. The fraction of sp³-hybridized carbons (Fsp3) is 0.286. The van der Waals surface area contributed by atoms with Crippen LogP contribution in [0.3, 0.4) is 0 Å². The third-order valence-corrected chi connectivity index (χ3v) is 4.94. The predicted molar refractivity (Wildman–Crippen MR) is 109 cm³/mol. The SMILES string of the molecule is CCN(CC1COc2ccccc2O1)C(=O)c1nc(C)n(-c2ccc(Cl)cc2)n1. The van der Waals surface area contributed by atoms with Crippen molar-refractivity contribution in [3.8, 4) is 17.2 Å². The highest BCUT2D eigenvalue weighted by Gasteiger charge is 2.27. The number of benzene rings is 2. The Morgan fingerprint density at radius 2 is 1.93 bits per heavy atom. The Morgan fingerprint density at radius 3 is 2.66 bits per heavy atom. The van der Waals surface area contributed by atoms with Crippen LogP contribution in [0.5, 0.6) is 11.5 Å². The molecule has 8 heteroatoms. The number of halogens is 1. The highest BCUT2D eigenvalue weighted by molar-refractivity contribution is 6.30. The van der Waals surface area contributed by atoms with E-state index in [0.29, 0.717) is 36.3 Å². The topological polar surface area (TPSA) is 69.5 Å². The first-order valence-electron chi connectivity index (χ1n) is 9.42. The lowest BCUT2D eigenvalue weighted by Crippen LogP contribution is -2.44. The van der Waals surface area contributed by atoms with Crippen LogP contribution in [0.1, 0.15) is 23.4 Å². The molecule has 3 aromatic rings. The number of aryl methyl sites for hydroxylation is 1. The molecule has 7 nitrogen and oxygen atoms in total. The van der Waals surface area contributed by atoms with Crippen molar-refractivity contribution in [3.63, 3.8) is 0 Å². The predicted octanol–water partition coefficient (Wildman–Crippen LogP) is 3.53. The zero-order valence-electron chi connectivity index (χ0n) is 16.2. The fourth-order valence-corrected chi connectivity index (χ4v) is 3.33. The summed E-state index contributed by atoms with van der Waals surface area (Å²) in [4.78, 5) is 19.0. The van der Waals surface area contributed by atoms with Crippen LogP contribution in [0, 0.1) is 6.92 Å². The van der Waals surface area contributed by atoms with Gasteiger partial charge in [-0.3, -0.25) is 4.79 Å². The highest BCUT2D eigenvalue weighted by Crippen LogP contribution is 2.31. The number of fused-ring (bicyclic) bond motifs is 1. The maximum Gasteiger partial charge on any atom is 0.293 e. The zero-order chi connectivity index (χ0) is 20.4. The van der Waals surface area contributed by atoms with E-state index in [0.717, 1.165) is 11.4 Å². The fourth-order valence-electron chi connectivity index (χ4n) is 3.20. The summed E-state index contributed by atoms with van der Waals surface area (Å²) in [6.45, 7) is 5.00. The number of aromatic nitrogens is 3. The molecule has 1 unspecified atom stereocenters. The maximum atomic E-state index is 13.0. The van der Waals surface area contributed by atoms with Gasteiger partial charge in [0.25, 0.3) is 5.91 Å². The smallest absolute Gasteiger partial charge is 0.293 e. The Morgan fingerprint density at radius 1 is 1.21 bits per heavy atom. The summed E-state index contributed by atoms with van der Waals surface area (Å²) in [7, 11) is 0. The third-order valence-electron chi connectivity index (χ3n) is 4.69. The van der Waals surface area contributed by atoms with Gasteiger partial charge in [-0.1, -0.05) is 23.7 Å². The van der Waals surface area contributed by atoms with Gasteiger partial charge < -0.3 is 14.4 Å². The van der Waals surface area contributed by atoms with Gasteiger partial charge in [0.2, 0.25) is 5.82 Å². The van der Waals surface area contributed by atoms with Gasteiger partial charge in [0, 0.05) is 11.6 Å². The number of hydrogen-bond donors (Lipinski definition) is 0. The van der Waals surface area contributed by atoms with Gasteiger partial charge in [-0.25, -0.2) is 9.67 Å². The van der Waals surface area contributed by atoms with Crippen molar-refractivity contribution in [2.24, 2.45) is 0 Å². The molecule has 29 heavy (non-hydrogen) atoms. The van der Waals surface area contributed by atoms with Gasteiger partial charge >= 0.3 is 0 Å². The monoisotopic (exact) mass is 412 g/mol. The molecule has 1 aliphatic rings. The minimum Gasteiger partial charge on any atom is -0.486 e. The van der Waals surface area contributed by atoms with Crippen LogP contribution in [0.15, 0.2) is 48.5 Å². The van der Waals surface area contributed by atoms with Crippen LogP contribution in [-0.4, -0.2) is 51.4 Å². The number of amides is 1. The summed E-state index contributed by atoms with van der Waals surface area (Å²) in [5, 5.41) is 5.04. The Balaban J connectivity index is 1.49. The third kappa shape index (κ3) is 4.05. The Kier molecular flexibility index (Phi) is 5.40. The number of ether oxygens (including phenoxy) is 2. The van der Waals surface area contributed by atoms with Gasteiger partial charge in [0.15, 0.2) is 17.6 Å². The van der Waals surface area contributed by atoms with E-state index in [1.54, 1.807) is 21.7 Å². The molecule has 4 rings (SSSR count). The molecule has 1 aliphatic heterocycles. The average Bonchev–Trinajstić information content (AvgIpc) is 3.13. The van der Waals surface area contributed by atoms with E-state index in [1.807, 2.05) is 50.2 Å². The molecule has 1 atom stereocenters. The Bertz CT molecular complexity index is 1020. The molecular weight excluding hydrogens is 392 g/mol. The molecule has 2 heterocycles. The number of likely N-dealkylation sites (N-methyl/N-ethyl adjacent to an activating group) is 1. The number of nitrogens with zero attached hydrogens (tertiary/aromatic N) is 4. The van der Waals surface area contributed by atoms with Gasteiger partial charge in [-0.15, -0.1) is 5.10 Å². The van der Waals surface area contributed by atoms with Crippen molar-refractivity contribution in [2.45, 2.75) is 20.0 Å². The van der Waals surface area contributed by atoms with Gasteiger partial charge in [-0.05, 0) is 50.2 Å². The van der Waals surface area contributed by atoms with Crippen molar-refractivity contribution in [1.29, 1.82) is 0 Å². The van der Waals surface area contributed by atoms with Crippen LogP contribution in [0.25, 0.3) is 5.69 Å². The molecule has 0 spiro atoms. The van der Waals surface area contributed by atoms with Gasteiger partial charge in [0.1, 0.15) is 12.4 Å². The minimum absolute atomic E-state index is 0.149. The van der Waals surface area contributed by atoms with Crippen LogP contribution in [0.2, 0.25) is 5.02 Å². The number of hydrogen-bond acceptors (Lipinski definition) is 5. The molecule has 150 valence electrons. The standard InChI is InChI=1S/C21H21ClN4O3/c1-3-25(12-17-13-28-18-6-4-5-7-19(18)29-17)21(27)20-23-14(2)26(24-20)16-10-8-15(22)9-11-16/h4-11,17H,3,12-13H2,1-2H3. The van der Waals surface area contributed by atoms with E-state index < -0.39 is 0 Å². The Hall–Kier alpha value is -3.06. The van der Waals surface area contributed by atoms with E-state index in [1.165, 1.54) is 0 Å². The molecular formula is C21H21ClN4O3. The lowest BCUT2D eigenvalue weighted by molar-refractivity contribution is 0.0467. The molecule has 0 N–H and O–H groups in total. The maximum absolute atomic E-state index is 13.0. The molecule has 1 aromatic heterocycles. The molecule has 0 bridgehead atoms. The summed E-state index contributed by atoms with van der Waals surface area (Å²) in [5.41, 5.74) is 0.794. The van der Waals surface area contributed by atoms with Crippen LogP contribution >= 0.6 is 11.6 Å². The highest BCUT2D eigenvalue weighted by atomic mass is 35.5. The molecule has 0 aliphatic carbocycles. The second kappa shape index (κ2) is 8.13. The first-order valence-corrected chi connectivity index (χ1v) is 9.80. The van der Waals surface area contributed by atoms with Gasteiger partial charge in [-0.2, -0.15) is 0 Å². The van der Waals surface area contributed by atoms with Crippen molar-refractivity contribution in [2.75, 3.05) is 19.7 Å². The lowest BCUT2D eigenvalue weighted by Gasteiger charge is -2.30. The molecule has 1 amide bonds. The molecule has 0 saturated carbocycles. The summed E-state index contributed by atoms with van der Waals surface area (Å²) in [6, 6.07) is 14.7. The van der Waals surface area contributed by atoms with Crippen LogP contribution in [-0.2, 0) is 0 Å². The number of rotatable bonds is 5. The van der Waals surface area contributed by atoms with Crippen LogP contribution in [0.4, 0.5) is 0 Å². The van der Waals surface area contributed by atoms with E-state index in [9.17, 15) is 4.79 Å². The number of para-hydroxylation sites is 2. The van der Waals surface area contributed by atoms with Crippen molar-refractivity contribution in [1.82, 2.24) is 19.7 Å². The van der Waals surface area contributed by atoms with Crippen molar-refractivity contribution >= 4 is 17.5 Å². The Labute approximate surface area is 173 Å². The first-order chi connectivity index (χ1) is 14.0. The van der Waals surface area contributed by atoms with E-state index in [4.69, 9.17) is 21.1 Å².